The number of aromatic nitrogens is 4. The lowest BCUT2D eigenvalue weighted by Gasteiger charge is -2.13. The molecule has 0 atom stereocenters. The minimum absolute atomic E-state index is 0.433. The van der Waals surface area contributed by atoms with E-state index >= 15 is 0 Å². The normalized spacial score (nSPS) is 11.0. The van der Waals surface area contributed by atoms with Crippen LogP contribution in [-0.4, -0.2) is 26.4 Å². The Bertz CT molecular complexity index is 1080. The minimum atomic E-state index is 0.433. The fourth-order valence-corrected chi connectivity index (χ4v) is 3.08. The van der Waals surface area contributed by atoms with E-state index in [-0.39, 0.29) is 0 Å². The molecule has 7 nitrogen and oxygen atoms in total. The number of benzene rings is 2. The summed E-state index contributed by atoms with van der Waals surface area (Å²) in [4.78, 5) is 4.41. The highest BCUT2D eigenvalue weighted by Crippen LogP contribution is 2.30. The van der Waals surface area contributed by atoms with Crippen molar-refractivity contribution >= 4 is 17.0 Å². The molecule has 7 heteroatoms. The monoisotopic (exact) mass is 363 g/mol. The van der Waals surface area contributed by atoms with Crippen LogP contribution in [0.25, 0.3) is 11.0 Å². The van der Waals surface area contributed by atoms with E-state index < -0.39 is 0 Å². The van der Waals surface area contributed by atoms with Gasteiger partial charge in [0, 0.05) is 18.8 Å². The zero-order valence-electron chi connectivity index (χ0n) is 15.3. The molecule has 0 aliphatic rings. The molecule has 2 aromatic carbocycles. The van der Waals surface area contributed by atoms with E-state index in [1.807, 2.05) is 60.3 Å². The van der Waals surface area contributed by atoms with Gasteiger partial charge in [-0.15, -0.1) is 0 Å². The van der Waals surface area contributed by atoms with Crippen LogP contribution >= 0.6 is 0 Å². The summed E-state index contributed by atoms with van der Waals surface area (Å²) in [6.45, 7) is 1.04. The summed E-state index contributed by atoms with van der Waals surface area (Å²) in [7, 11) is 3.52. The van der Waals surface area contributed by atoms with Gasteiger partial charge in [-0.05, 0) is 29.8 Å². The van der Waals surface area contributed by atoms with Crippen LogP contribution in [0.15, 0.2) is 54.9 Å². The molecule has 0 unspecified atom stereocenters. The van der Waals surface area contributed by atoms with Gasteiger partial charge in [-0.3, -0.25) is 4.68 Å². The molecule has 27 heavy (non-hydrogen) atoms. The molecule has 4 rings (SSSR count). The maximum Gasteiger partial charge on any atom is 0.201 e. The number of fused-ring (bicyclic) bond motifs is 1. The number of aryl methyl sites for hydroxylation is 1. The maximum absolute atomic E-state index is 6.10. The van der Waals surface area contributed by atoms with E-state index in [2.05, 4.69) is 10.1 Å². The molecule has 138 valence electrons. The van der Waals surface area contributed by atoms with Crippen LogP contribution in [0.3, 0.4) is 0 Å². The van der Waals surface area contributed by atoms with Crippen LogP contribution in [0.2, 0.25) is 0 Å². The molecule has 0 saturated carbocycles. The van der Waals surface area contributed by atoms with Crippen LogP contribution in [0.1, 0.15) is 11.1 Å². The second kappa shape index (κ2) is 7.03. The Balaban J connectivity index is 1.56. The highest BCUT2D eigenvalue weighted by atomic mass is 16.5. The molecule has 0 aliphatic carbocycles. The molecule has 0 fully saturated rings. The summed E-state index contributed by atoms with van der Waals surface area (Å²) in [5, 5.41) is 4.15. The molecular weight excluding hydrogens is 342 g/mol. The van der Waals surface area contributed by atoms with Crippen molar-refractivity contribution in [1.29, 1.82) is 0 Å². The van der Waals surface area contributed by atoms with Gasteiger partial charge in [-0.2, -0.15) is 5.10 Å². The number of hydrogen-bond donors (Lipinski definition) is 1. The SMILES string of the molecule is COc1cc(Cn2c(N)nc3ccccc32)ccc1OCc1cnn(C)c1. The van der Waals surface area contributed by atoms with E-state index in [1.54, 1.807) is 18.0 Å². The van der Waals surface area contributed by atoms with Crippen molar-refractivity contribution in [3.63, 3.8) is 0 Å². The van der Waals surface area contributed by atoms with E-state index in [4.69, 9.17) is 15.2 Å². The number of nitrogens with two attached hydrogens (primary N) is 1. The smallest absolute Gasteiger partial charge is 0.201 e. The van der Waals surface area contributed by atoms with E-state index in [0.717, 1.165) is 22.2 Å². The molecule has 0 bridgehead atoms. The van der Waals surface area contributed by atoms with Gasteiger partial charge in [0.2, 0.25) is 5.95 Å². The molecule has 4 aromatic rings. The number of para-hydroxylation sites is 2. The van der Waals surface area contributed by atoms with Crippen molar-refractivity contribution < 1.29 is 9.47 Å². The third-order valence-corrected chi connectivity index (χ3v) is 4.41. The zero-order chi connectivity index (χ0) is 18.8. The molecule has 0 spiro atoms. The maximum atomic E-state index is 6.10. The van der Waals surface area contributed by atoms with Gasteiger partial charge in [0.1, 0.15) is 6.61 Å². The number of imidazole rings is 1. The fraction of sp³-hybridized carbons (Fsp3) is 0.200. The number of nitrogen functional groups attached to an aromatic ring is 1. The van der Waals surface area contributed by atoms with Crippen LogP contribution in [0.5, 0.6) is 11.5 Å². The largest absolute Gasteiger partial charge is 0.493 e. The summed E-state index contributed by atoms with van der Waals surface area (Å²) < 4.78 is 15.1. The highest BCUT2D eigenvalue weighted by molar-refractivity contribution is 5.78. The van der Waals surface area contributed by atoms with Gasteiger partial charge >= 0.3 is 0 Å². The van der Waals surface area contributed by atoms with Gasteiger partial charge in [-0.1, -0.05) is 18.2 Å². The number of rotatable bonds is 6. The van der Waals surface area contributed by atoms with Crippen LogP contribution in [0, 0.1) is 0 Å². The predicted molar refractivity (Wildman–Crippen MR) is 104 cm³/mol. The van der Waals surface area contributed by atoms with Gasteiger partial charge in [0.05, 0.1) is 30.9 Å². The lowest BCUT2D eigenvalue weighted by atomic mass is 10.2. The molecule has 2 N–H and O–H groups in total. The Morgan fingerprint density at radius 2 is 1.93 bits per heavy atom. The zero-order valence-corrected chi connectivity index (χ0v) is 15.3. The second-order valence-electron chi connectivity index (χ2n) is 6.34. The second-order valence-corrected chi connectivity index (χ2v) is 6.34. The van der Waals surface area contributed by atoms with Crippen molar-refractivity contribution in [1.82, 2.24) is 19.3 Å². The van der Waals surface area contributed by atoms with Crippen molar-refractivity contribution in [3.8, 4) is 11.5 Å². The quantitative estimate of drug-likeness (QED) is 0.570. The fourth-order valence-electron chi connectivity index (χ4n) is 3.08. The lowest BCUT2D eigenvalue weighted by molar-refractivity contribution is 0.284. The molecule has 0 aliphatic heterocycles. The molecule has 0 radical (unpaired) electrons. The van der Waals surface area contributed by atoms with Crippen molar-refractivity contribution in [2.75, 3.05) is 12.8 Å². The topological polar surface area (TPSA) is 80.1 Å². The predicted octanol–water partition coefficient (Wildman–Crippen LogP) is 2.99. The first-order valence-electron chi connectivity index (χ1n) is 8.62. The number of ether oxygens (including phenoxy) is 2. The summed E-state index contributed by atoms with van der Waals surface area (Å²) in [6, 6.07) is 13.8. The number of methoxy groups -OCH3 is 1. The van der Waals surface area contributed by atoms with E-state index in [9.17, 15) is 0 Å². The first kappa shape index (κ1) is 17.0. The van der Waals surface area contributed by atoms with Crippen LogP contribution in [0.4, 0.5) is 5.95 Å². The van der Waals surface area contributed by atoms with Crippen molar-refractivity contribution in [3.05, 3.63) is 66.0 Å². The van der Waals surface area contributed by atoms with E-state index in [1.165, 1.54) is 0 Å². The summed E-state index contributed by atoms with van der Waals surface area (Å²) >= 11 is 0. The molecule has 2 heterocycles. The number of anilines is 1. The van der Waals surface area contributed by atoms with Crippen molar-refractivity contribution in [2.24, 2.45) is 7.05 Å². The third kappa shape index (κ3) is 3.44. The Morgan fingerprint density at radius 3 is 2.70 bits per heavy atom. The van der Waals surface area contributed by atoms with E-state index in [0.29, 0.717) is 30.6 Å². The Hall–Kier alpha value is -3.48. The number of hydrogen-bond acceptors (Lipinski definition) is 5. The summed E-state index contributed by atoms with van der Waals surface area (Å²) in [5.41, 5.74) is 10.0. The lowest BCUT2D eigenvalue weighted by Crippen LogP contribution is -2.05. The standard InChI is InChI=1S/C20H21N5O2/c1-24-11-15(10-22-24)13-27-18-8-7-14(9-19(18)26-2)12-25-17-6-4-3-5-16(17)23-20(25)21/h3-11H,12-13H2,1-2H3,(H2,21,23). The van der Waals surface area contributed by atoms with Gasteiger partial charge in [-0.25, -0.2) is 4.98 Å². The van der Waals surface area contributed by atoms with Gasteiger partial charge in [0.25, 0.3) is 0 Å². The highest BCUT2D eigenvalue weighted by Gasteiger charge is 2.11. The minimum Gasteiger partial charge on any atom is -0.493 e. The Kier molecular flexibility index (Phi) is 4.42. The third-order valence-electron chi connectivity index (χ3n) is 4.41. The molecular formula is C20H21N5O2. The molecule has 2 aromatic heterocycles. The first-order chi connectivity index (χ1) is 13.1. The first-order valence-corrected chi connectivity index (χ1v) is 8.62. The van der Waals surface area contributed by atoms with Crippen LogP contribution < -0.4 is 15.2 Å². The Labute approximate surface area is 157 Å². The summed E-state index contributed by atoms with van der Waals surface area (Å²) in [6.07, 6.45) is 3.71. The van der Waals surface area contributed by atoms with Gasteiger partial charge < -0.3 is 19.8 Å². The van der Waals surface area contributed by atoms with Gasteiger partial charge in [0.15, 0.2) is 11.5 Å². The Morgan fingerprint density at radius 1 is 1.07 bits per heavy atom. The van der Waals surface area contributed by atoms with Crippen LogP contribution in [-0.2, 0) is 20.2 Å². The molecule has 0 amide bonds. The average Bonchev–Trinajstić information content (AvgIpc) is 3.23. The van der Waals surface area contributed by atoms with Crippen molar-refractivity contribution in [2.45, 2.75) is 13.2 Å². The molecule has 0 saturated heterocycles. The average molecular weight is 363 g/mol. The number of nitrogens with zero attached hydrogens (tertiary/aromatic N) is 4. The summed E-state index contributed by atoms with van der Waals surface area (Å²) in [5.74, 6) is 1.86.